The number of aliphatic hydroxyl groups is 1. The third kappa shape index (κ3) is 3.52. The van der Waals surface area contributed by atoms with Gasteiger partial charge in [-0.3, -0.25) is 4.98 Å². The van der Waals surface area contributed by atoms with Crippen LogP contribution in [0.4, 0.5) is 4.39 Å². The van der Waals surface area contributed by atoms with Gasteiger partial charge in [0.15, 0.2) is 0 Å². The monoisotopic (exact) mass is 309 g/mol. The predicted molar refractivity (Wildman–Crippen MR) is 80.3 cm³/mol. The standard InChI is InChI=1S/C16H17ClFNO2/c1-9-8-19-14(10(2)16(9)21-3)7-15(20)11-4-12(17)6-13(18)5-11/h4-6,8,15,20H,7H2,1-3H3. The number of methoxy groups -OCH3 is 1. The van der Waals surface area contributed by atoms with E-state index in [1.807, 2.05) is 13.8 Å². The van der Waals surface area contributed by atoms with Gasteiger partial charge in [0.2, 0.25) is 0 Å². The van der Waals surface area contributed by atoms with Crippen LogP contribution < -0.4 is 4.74 Å². The van der Waals surface area contributed by atoms with Crippen molar-refractivity contribution in [2.24, 2.45) is 0 Å². The molecule has 1 aromatic heterocycles. The molecule has 1 unspecified atom stereocenters. The van der Waals surface area contributed by atoms with Crippen LogP contribution in [-0.2, 0) is 6.42 Å². The Labute approximate surface area is 128 Å². The van der Waals surface area contributed by atoms with Crippen molar-refractivity contribution in [3.63, 3.8) is 0 Å². The summed E-state index contributed by atoms with van der Waals surface area (Å²) in [6, 6.07) is 4.03. The van der Waals surface area contributed by atoms with E-state index in [9.17, 15) is 9.50 Å². The van der Waals surface area contributed by atoms with Gasteiger partial charge in [0.05, 0.1) is 13.2 Å². The second kappa shape index (κ2) is 6.41. The van der Waals surface area contributed by atoms with Crippen molar-refractivity contribution in [2.75, 3.05) is 7.11 Å². The zero-order valence-corrected chi connectivity index (χ0v) is 12.9. The zero-order valence-electron chi connectivity index (χ0n) is 12.2. The number of aryl methyl sites for hydroxylation is 1. The van der Waals surface area contributed by atoms with Crippen molar-refractivity contribution in [3.05, 3.63) is 57.6 Å². The Morgan fingerprint density at radius 3 is 2.67 bits per heavy atom. The van der Waals surface area contributed by atoms with Gasteiger partial charge in [-0.05, 0) is 37.6 Å². The molecule has 0 bridgehead atoms. The average molecular weight is 310 g/mol. The second-order valence-electron chi connectivity index (χ2n) is 4.97. The Kier molecular flexibility index (Phi) is 4.80. The number of rotatable bonds is 4. The van der Waals surface area contributed by atoms with E-state index < -0.39 is 11.9 Å². The number of nitrogens with zero attached hydrogens (tertiary/aromatic N) is 1. The van der Waals surface area contributed by atoms with E-state index in [1.54, 1.807) is 19.4 Å². The Balaban J connectivity index is 2.29. The molecule has 1 atom stereocenters. The lowest BCUT2D eigenvalue weighted by atomic mass is 10.0. The molecule has 1 aromatic carbocycles. The lowest BCUT2D eigenvalue weighted by Gasteiger charge is -2.15. The number of hydrogen-bond donors (Lipinski definition) is 1. The molecule has 0 fully saturated rings. The highest BCUT2D eigenvalue weighted by molar-refractivity contribution is 6.30. The summed E-state index contributed by atoms with van der Waals surface area (Å²) in [5.41, 5.74) is 2.95. The van der Waals surface area contributed by atoms with E-state index >= 15 is 0 Å². The number of pyridine rings is 1. The maximum atomic E-state index is 13.3. The summed E-state index contributed by atoms with van der Waals surface area (Å²) in [6.45, 7) is 3.80. The van der Waals surface area contributed by atoms with Gasteiger partial charge in [0.25, 0.3) is 0 Å². The molecule has 1 heterocycles. The molecule has 0 saturated carbocycles. The molecule has 0 aliphatic carbocycles. The van der Waals surface area contributed by atoms with Gasteiger partial charge in [-0.1, -0.05) is 11.6 Å². The van der Waals surface area contributed by atoms with Gasteiger partial charge in [0, 0.05) is 34.5 Å². The Hall–Kier alpha value is -1.65. The molecular weight excluding hydrogens is 293 g/mol. The summed E-state index contributed by atoms with van der Waals surface area (Å²) < 4.78 is 18.7. The summed E-state index contributed by atoms with van der Waals surface area (Å²) in [5, 5.41) is 10.5. The Bertz CT molecular complexity index is 641. The number of ether oxygens (including phenoxy) is 1. The van der Waals surface area contributed by atoms with E-state index in [0.717, 1.165) is 16.9 Å². The molecule has 0 aliphatic rings. The van der Waals surface area contributed by atoms with Crippen molar-refractivity contribution >= 4 is 11.6 Å². The van der Waals surface area contributed by atoms with E-state index in [0.29, 0.717) is 11.3 Å². The van der Waals surface area contributed by atoms with E-state index in [1.165, 1.54) is 12.1 Å². The van der Waals surface area contributed by atoms with Gasteiger partial charge in [0.1, 0.15) is 11.6 Å². The van der Waals surface area contributed by atoms with Crippen LogP contribution in [0.2, 0.25) is 5.02 Å². The highest BCUT2D eigenvalue weighted by Crippen LogP contribution is 2.28. The molecule has 2 aromatic rings. The first-order chi connectivity index (χ1) is 9.92. The van der Waals surface area contributed by atoms with Crippen LogP contribution in [-0.4, -0.2) is 17.2 Å². The fourth-order valence-electron chi connectivity index (χ4n) is 2.35. The summed E-state index contributed by atoms with van der Waals surface area (Å²) in [7, 11) is 1.60. The van der Waals surface area contributed by atoms with Crippen LogP contribution in [0, 0.1) is 19.7 Å². The van der Waals surface area contributed by atoms with Crippen molar-refractivity contribution < 1.29 is 14.2 Å². The SMILES string of the molecule is COc1c(C)cnc(CC(O)c2cc(F)cc(Cl)c2)c1C. The number of aromatic nitrogens is 1. The first-order valence-electron chi connectivity index (χ1n) is 6.55. The fourth-order valence-corrected chi connectivity index (χ4v) is 2.58. The minimum Gasteiger partial charge on any atom is -0.496 e. The van der Waals surface area contributed by atoms with Gasteiger partial charge in [-0.25, -0.2) is 4.39 Å². The minimum absolute atomic E-state index is 0.259. The number of aliphatic hydroxyl groups excluding tert-OH is 1. The lowest BCUT2D eigenvalue weighted by molar-refractivity contribution is 0.176. The second-order valence-corrected chi connectivity index (χ2v) is 5.41. The third-order valence-electron chi connectivity index (χ3n) is 3.41. The van der Waals surface area contributed by atoms with E-state index in [2.05, 4.69) is 4.98 Å². The van der Waals surface area contributed by atoms with Crippen LogP contribution >= 0.6 is 11.6 Å². The molecule has 0 aliphatic heterocycles. The van der Waals surface area contributed by atoms with Crippen molar-refractivity contribution in [3.8, 4) is 5.75 Å². The molecular formula is C16H17ClFNO2. The predicted octanol–water partition coefficient (Wildman–Crippen LogP) is 3.78. The van der Waals surface area contributed by atoms with Crippen LogP contribution in [0.25, 0.3) is 0 Å². The minimum atomic E-state index is -0.878. The first kappa shape index (κ1) is 15.7. The molecule has 0 spiro atoms. The normalized spacial score (nSPS) is 12.3. The van der Waals surface area contributed by atoms with Gasteiger partial charge < -0.3 is 9.84 Å². The molecule has 0 saturated heterocycles. The largest absolute Gasteiger partial charge is 0.496 e. The maximum Gasteiger partial charge on any atom is 0.128 e. The highest BCUT2D eigenvalue weighted by atomic mass is 35.5. The lowest BCUT2D eigenvalue weighted by Crippen LogP contribution is -2.07. The van der Waals surface area contributed by atoms with Crippen LogP contribution in [0.3, 0.4) is 0 Å². The van der Waals surface area contributed by atoms with Crippen molar-refractivity contribution in [1.82, 2.24) is 4.98 Å². The molecule has 112 valence electrons. The third-order valence-corrected chi connectivity index (χ3v) is 3.62. The number of hydrogen-bond acceptors (Lipinski definition) is 3. The van der Waals surface area contributed by atoms with Crippen LogP contribution in [0.15, 0.2) is 24.4 Å². The highest BCUT2D eigenvalue weighted by Gasteiger charge is 2.16. The molecule has 3 nitrogen and oxygen atoms in total. The van der Waals surface area contributed by atoms with Gasteiger partial charge in [-0.15, -0.1) is 0 Å². The summed E-state index contributed by atoms with van der Waals surface area (Å²) in [6.07, 6.45) is 1.09. The molecule has 1 N–H and O–H groups in total. The molecule has 5 heteroatoms. The number of halogens is 2. The Morgan fingerprint density at radius 2 is 2.05 bits per heavy atom. The van der Waals surface area contributed by atoms with Crippen LogP contribution in [0.1, 0.15) is 28.5 Å². The summed E-state index contributed by atoms with van der Waals surface area (Å²) in [4.78, 5) is 4.33. The summed E-state index contributed by atoms with van der Waals surface area (Å²) >= 11 is 5.81. The molecule has 0 radical (unpaired) electrons. The van der Waals surface area contributed by atoms with E-state index in [4.69, 9.17) is 16.3 Å². The smallest absolute Gasteiger partial charge is 0.128 e. The van der Waals surface area contributed by atoms with Gasteiger partial charge >= 0.3 is 0 Å². The zero-order chi connectivity index (χ0) is 15.6. The first-order valence-corrected chi connectivity index (χ1v) is 6.93. The fraction of sp³-hybridized carbons (Fsp3) is 0.312. The molecule has 2 rings (SSSR count). The van der Waals surface area contributed by atoms with E-state index in [-0.39, 0.29) is 11.4 Å². The quantitative estimate of drug-likeness (QED) is 0.934. The molecule has 21 heavy (non-hydrogen) atoms. The topological polar surface area (TPSA) is 42.4 Å². The molecule has 0 amide bonds. The van der Waals surface area contributed by atoms with Crippen LogP contribution in [0.5, 0.6) is 5.75 Å². The Morgan fingerprint density at radius 1 is 1.33 bits per heavy atom. The summed E-state index contributed by atoms with van der Waals surface area (Å²) in [5.74, 6) is 0.284. The maximum absolute atomic E-state index is 13.3. The van der Waals surface area contributed by atoms with Crippen molar-refractivity contribution in [2.45, 2.75) is 26.4 Å². The van der Waals surface area contributed by atoms with Crippen molar-refractivity contribution in [1.29, 1.82) is 0 Å². The average Bonchev–Trinajstić information content (AvgIpc) is 2.41. The van der Waals surface area contributed by atoms with Gasteiger partial charge in [-0.2, -0.15) is 0 Å². The number of benzene rings is 1.